The minimum absolute atomic E-state index is 0.175. The van der Waals surface area contributed by atoms with Crippen LogP contribution in [-0.2, 0) is 16.1 Å². The monoisotopic (exact) mass is 317 g/mol. The van der Waals surface area contributed by atoms with Crippen molar-refractivity contribution in [3.8, 4) is 0 Å². The smallest absolute Gasteiger partial charge is 0.305 e. The van der Waals surface area contributed by atoms with Gasteiger partial charge in [0.2, 0.25) is 0 Å². The third-order valence-corrected chi connectivity index (χ3v) is 3.14. The van der Waals surface area contributed by atoms with Crippen molar-refractivity contribution in [3.05, 3.63) is 34.1 Å². The maximum atomic E-state index is 13.0. The lowest BCUT2D eigenvalue weighted by Crippen LogP contribution is -2.16. The summed E-state index contributed by atoms with van der Waals surface area (Å²) < 4.78 is 18.7. The quantitative estimate of drug-likeness (QED) is 0.620. The summed E-state index contributed by atoms with van der Waals surface area (Å²) in [5, 5.41) is 3.16. The molecule has 0 saturated heterocycles. The molecule has 1 aromatic rings. The Kier molecular flexibility index (Phi) is 6.90. The van der Waals surface area contributed by atoms with Gasteiger partial charge in [-0.3, -0.25) is 4.79 Å². The Morgan fingerprint density at radius 3 is 3.00 bits per heavy atom. The molecule has 0 bridgehead atoms. The van der Waals surface area contributed by atoms with E-state index in [1.807, 2.05) is 0 Å². The largest absolute Gasteiger partial charge is 0.466 e. The molecular weight excluding hydrogens is 301 g/mol. The molecule has 0 amide bonds. The first-order valence-electron chi connectivity index (χ1n) is 5.93. The van der Waals surface area contributed by atoms with E-state index in [0.717, 1.165) is 10.0 Å². The molecule has 0 atom stereocenters. The summed E-state index contributed by atoms with van der Waals surface area (Å²) in [5.74, 6) is -0.423. The van der Waals surface area contributed by atoms with Crippen molar-refractivity contribution < 1.29 is 13.9 Å². The number of benzene rings is 1. The molecule has 0 aromatic heterocycles. The van der Waals surface area contributed by atoms with Crippen LogP contribution in [0.3, 0.4) is 0 Å². The van der Waals surface area contributed by atoms with Gasteiger partial charge in [0, 0.05) is 17.4 Å². The van der Waals surface area contributed by atoms with Gasteiger partial charge in [-0.25, -0.2) is 4.39 Å². The van der Waals surface area contributed by atoms with E-state index in [9.17, 15) is 9.18 Å². The second-order valence-electron chi connectivity index (χ2n) is 3.82. The average Bonchev–Trinajstić information content (AvgIpc) is 2.33. The molecule has 5 heteroatoms. The van der Waals surface area contributed by atoms with E-state index in [1.54, 1.807) is 13.0 Å². The van der Waals surface area contributed by atoms with Crippen LogP contribution in [0.2, 0.25) is 0 Å². The Bertz CT molecular complexity index is 399. The van der Waals surface area contributed by atoms with Gasteiger partial charge in [-0.05, 0) is 43.7 Å². The molecule has 1 N–H and O–H groups in total. The van der Waals surface area contributed by atoms with Crippen molar-refractivity contribution in [2.75, 3.05) is 13.2 Å². The first-order valence-corrected chi connectivity index (χ1v) is 6.73. The van der Waals surface area contributed by atoms with Gasteiger partial charge in [-0.15, -0.1) is 0 Å². The van der Waals surface area contributed by atoms with Crippen LogP contribution in [0.4, 0.5) is 4.39 Å². The van der Waals surface area contributed by atoms with Gasteiger partial charge in [-0.1, -0.05) is 15.9 Å². The standard InChI is InChI=1S/C13H17BrFNO2/c1-2-18-13(17)4-3-7-16-9-10-8-11(15)5-6-12(10)14/h5-6,8,16H,2-4,7,9H2,1H3. The molecule has 0 heterocycles. The van der Waals surface area contributed by atoms with Gasteiger partial charge >= 0.3 is 5.97 Å². The van der Waals surface area contributed by atoms with Gasteiger partial charge in [0.15, 0.2) is 0 Å². The predicted octanol–water partition coefficient (Wildman–Crippen LogP) is 3.02. The molecule has 0 fully saturated rings. The number of esters is 1. The molecule has 1 rings (SSSR count). The van der Waals surface area contributed by atoms with Crippen molar-refractivity contribution in [1.82, 2.24) is 5.32 Å². The van der Waals surface area contributed by atoms with Crippen LogP contribution in [0.15, 0.2) is 22.7 Å². The maximum absolute atomic E-state index is 13.0. The highest BCUT2D eigenvalue weighted by Crippen LogP contribution is 2.17. The zero-order valence-electron chi connectivity index (χ0n) is 10.3. The van der Waals surface area contributed by atoms with Crippen LogP contribution in [0.5, 0.6) is 0 Å². The highest BCUT2D eigenvalue weighted by atomic mass is 79.9. The Morgan fingerprint density at radius 1 is 1.50 bits per heavy atom. The number of hydrogen-bond acceptors (Lipinski definition) is 3. The van der Waals surface area contributed by atoms with Gasteiger partial charge in [0.05, 0.1) is 6.61 Å². The maximum Gasteiger partial charge on any atom is 0.305 e. The van der Waals surface area contributed by atoms with E-state index >= 15 is 0 Å². The Labute approximate surface area is 115 Å². The van der Waals surface area contributed by atoms with Crippen LogP contribution in [0, 0.1) is 5.82 Å². The number of carbonyl (C=O) groups excluding carboxylic acids is 1. The second-order valence-corrected chi connectivity index (χ2v) is 4.68. The molecule has 0 aliphatic carbocycles. The molecular formula is C13H17BrFNO2. The molecule has 1 aromatic carbocycles. The van der Waals surface area contributed by atoms with Crippen molar-refractivity contribution in [2.45, 2.75) is 26.3 Å². The molecule has 100 valence electrons. The summed E-state index contributed by atoms with van der Waals surface area (Å²) >= 11 is 3.36. The third kappa shape index (κ3) is 5.60. The molecule has 0 saturated carbocycles. The van der Waals surface area contributed by atoms with Crippen molar-refractivity contribution in [1.29, 1.82) is 0 Å². The predicted molar refractivity (Wildman–Crippen MR) is 71.7 cm³/mol. The van der Waals surface area contributed by atoms with E-state index in [2.05, 4.69) is 21.2 Å². The fraction of sp³-hybridized carbons (Fsp3) is 0.462. The summed E-state index contributed by atoms with van der Waals surface area (Å²) in [5.41, 5.74) is 0.867. The van der Waals surface area contributed by atoms with Gasteiger partial charge in [0.1, 0.15) is 5.82 Å². The Hall–Kier alpha value is -0.940. The first-order chi connectivity index (χ1) is 8.63. The number of ether oxygens (including phenoxy) is 1. The summed E-state index contributed by atoms with van der Waals surface area (Å²) in [6, 6.07) is 4.59. The van der Waals surface area contributed by atoms with E-state index < -0.39 is 0 Å². The van der Waals surface area contributed by atoms with Crippen molar-refractivity contribution in [3.63, 3.8) is 0 Å². The number of hydrogen-bond donors (Lipinski definition) is 1. The van der Waals surface area contributed by atoms with Crippen LogP contribution >= 0.6 is 15.9 Å². The highest BCUT2D eigenvalue weighted by molar-refractivity contribution is 9.10. The Balaban J connectivity index is 2.21. The normalized spacial score (nSPS) is 10.4. The minimum Gasteiger partial charge on any atom is -0.466 e. The number of nitrogens with one attached hydrogen (secondary N) is 1. The number of rotatable bonds is 7. The van der Waals surface area contributed by atoms with E-state index in [1.165, 1.54) is 12.1 Å². The zero-order valence-corrected chi connectivity index (χ0v) is 11.9. The molecule has 3 nitrogen and oxygen atoms in total. The lowest BCUT2D eigenvalue weighted by atomic mass is 10.2. The van der Waals surface area contributed by atoms with Crippen LogP contribution in [0.25, 0.3) is 0 Å². The van der Waals surface area contributed by atoms with Crippen LogP contribution < -0.4 is 5.32 Å². The fourth-order valence-corrected chi connectivity index (χ4v) is 1.88. The molecule has 0 aliphatic rings. The SMILES string of the molecule is CCOC(=O)CCCNCc1cc(F)ccc1Br. The van der Waals surface area contributed by atoms with Crippen molar-refractivity contribution in [2.24, 2.45) is 0 Å². The third-order valence-electron chi connectivity index (χ3n) is 2.36. The number of halogens is 2. The summed E-state index contributed by atoms with van der Waals surface area (Å²) in [6.07, 6.45) is 1.12. The van der Waals surface area contributed by atoms with Gasteiger partial charge in [-0.2, -0.15) is 0 Å². The van der Waals surface area contributed by atoms with E-state index in [-0.39, 0.29) is 11.8 Å². The lowest BCUT2D eigenvalue weighted by Gasteiger charge is -2.07. The van der Waals surface area contributed by atoms with E-state index in [4.69, 9.17) is 4.74 Å². The second kappa shape index (κ2) is 8.21. The van der Waals surface area contributed by atoms with Crippen LogP contribution in [-0.4, -0.2) is 19.1 Å². The summed E-state index contributed by atoms with van der Waals surface area (Å²) in [6.45, 7) is 3.48. The first kappa shape index (κ1) is 15.1. The molecule has 0 radical (unpaired) electrons. The molecule has 0 aliphatic heterocycles. The van der Waals surface area contributed by atoms with Crippen molar-refractivity contribution >= 4 is 21.9 Å². The molecule has 0 spiro atoms. The molecule has 0 unspecified atom stereocenters. The van der Waals surface area contributed by atoms with Gasteiger partial charge in [0.25, 0.3) is 0 Å². The average molecular weight is 318 g/mol. The summed E-state index contributed by atoms with van der Waals surface area (Å²) in [7, 11) is 0. The highest BCUT2D eigenvalue weighted by Gasteiger charge is 2.03. The Morgan fingerprint density at radius 2 is 2.28 bits per heavy atom. The molecule has 18 heavy (non-hydrogen) atoms. The lowest BCUT2D eigenvalue weighted by molar-refractivity contribution is -0.143. The number of carbonyl (C=O) groups is 1. The minimum atomic E-state index is -0.249. The fourth-order valence-electron chi connectivity index (χ4n) is 1.49. The van der Waals surface area contributed by atoms with Gasteiger partial charge < -0.3 is 10.1 Å². The van der Waals surface area contributed by atoms with E-state index in [0.29, 0.717) is 32.5 Å². The zero-order chi connectivity index (χ0) is 13.4. The van der Waals surface area contributed by atoms with Crippen LogP contribution in [0.1, 0.15) is 25.3 Å². The topological polar surface area (TPSA) is 38.3 Å². The summed E-state index contributed by atoms with van der Waals surface area (Å²) in [4.78, 5) is 11.1.